The van der Waals surface area contributed by atoms with E-state index in [9.17, 15) is 22.4 Å². The van der Waals surface area contributed by atoms with E-state index < -0.39 is 28.3 Å². The maximum absolute atomic E-state index is 13.6. The lowest BCUT2D eigenvalue weighted by atomic mass is 10.2. The third-order valence-corrected chi connectivity index (χ3v) is 8.95. The van der Waals surface area contributed by atoms with Gasteiger partial charge in [0.15, 0.2) is 0 Å². The number of hydrogen-bond donors (Lipinski definition) is 2. The highest BCUT2D eigenvalue weighted by Crippen LogP contribution is 2.29. The molecule has 3 aromatic carbocycles. The van der Waals surface area contributed by atoms with E-state index in [0.29, 0.717) is 42.5 Å². The summed E-state index contributed by atoms with van der Waals surface area (Å²) in [5.41, 5.74) is 2.58. The fourth-order valence-corrected chi connectivity index (χ4v) is 6.09. The first-order chi connectivity index (χ1) is 19.9. The molecule has 2 N–H and O–H groups in total. The number of rotatable bonds is 9. The number of hydrogen-bond acceptors (Lipinski definition) is 5. The number of halogens is 2. The summed E-state index contributed by atoms with van der Waals surface area (Å²) < 4.78 is 41.7. The molecule has 9 nitrogen and oxygen atoms in total. The Morgan fingerprint density at radius 2 is 1.62 bits per heavy atom. The number of piperazine rings is 1. The predicted octanol–water partition coefficient (Wildman–Crippen LogP) is 4.86. The van der Waals surface area contributed by atoms with E-state index in [1.54, 1.807) is 29.2 Å². The number of carbonyl (C=O) groups is 2. The van der Waals surface area contributed by atoms with E-state index in [1.165, 1.54) is 36.4 Å². The van der Waals surface area contributed by atoms with Gasteiger partial charge in [0.05, 0.1) is 22.2 Å². The molecule has 224 valence electrons. The first kappa shape index (κ1) is 31.3. The van der Waals surface area contributed by atoms with Crippen LogP contribution in [-0.2, 0) is 21.4 Å². The van der Waals surface area contributed by atoms with Gasteiger partial charge in [0.25, 0.3) is 0 Å². The number of nitrogens with zero attached hydrogens (tertiary/aromatic N) is 3. The van der Waals surface area contributed by atoms with Crippen LogP contribution in [0.3, 0.4) is 0 Å². The number of anilines is 2. The lowest BCUT2D eigenvalue weighted by Gasteiger charge is -2.36. The summed E-state index contributed by atoms with van der Waals surface area (Å²) in [7, 11) is -4.07. The third-order valence-electron chi connectivity index (χ3n) is 6.82. The lowest BCUT2D eigenvalue weighted by molar-refractivity contribution is -0.116. The Labute approximate surface area is 251 Å². The summed E-state index contributed by atoms with van der Waals surface area (Å²) in [6.07, 6.45) is 0. The minimum absolute atomic E-state index is 0.0456. The van der Waals surface area contributed by atoms with Gasteiger partial charge in [-0.25, -0.2) is 17.6 Å². The topological polar surface area (TPSA) is 102 Å². The number of urea groups is 1. The highest BCUT2D eigenvalue weighted by atomic mass is 35.5. The van der Waals surface area contributed by atoms with Crippen LogP contribution in [0.1, 0.15) is 25.0 Å². The van der Waals surface area contributed by atoms with E-state index in [0.717, 1.165) is 15.6 Å². The average molecular weight is 616 g/mol. The number of sulfonamides is 1. The largest absolute Gasteiger partial charge is 0.368 e. The Bertz CT molecular complexity index is 1510. The van der Waals surface area contributed by atoms with Crippen molar-refractivity contribution in [3.05, 3.63) is 88.7 Å². The van der Waals surface area contributed by atoms with Crippen LogP contribution < -0.4 is 15.5 Å². The van der Waals surface area contributed by atoms with Crippen molar-refractivity contribution in [3.63, 3.8) is 0 Å². The second-order valence-corrected chi connectivity index (χ2v) is 12.8. The van der Waals surface area contributed by atoms with E-state index in [1.807, 2.05) is 26.8 Å². The fourth-order valence-electron chi connectivity index (χ4n) is 4.54. The molecule has 1 aliphatic rings. The Morgan fingerprint density at radius 1 is 0.976 bits per heavy atom. The zero-order valence-corrected chi connectivity index (χ0v) is 25.4. The Balaban J connectivity index is 1.49. The SMILES string of the molecule is Cc1ccc(S(=O)(=O)N(CC(=O)Nc2cc(N3CCN(C(=O)NC(C)C)CC3)ccc2Cl)Cc2ccc(F)cc2)cc1. The second-order valence-electron chi connectivity index (χ2n) is 10.5. The number of aryl methyl sites for hydroxylation is 1. The van der Waals surface area contributed by atoms with Crippen LogP contribution in [0.25, 0.3) is 0 Å². The van der Waals surface area contributed by atoms with Crippen LogP contribution >= 0.6 is 11.6 Å². The van der Waals surface area contributed by atoms with Crippen molar-refractivity contribution < 1.29 is 22.4 Å². The first-order valence-electron chi connectivity index (χ1n) is 13.6. The minimum Gasteiger partial charge on any atom is -0.368 e. The van der Waals surface area contributed by atoms with Gasteiger partial charge < -0.3 is 20.4 Å². The van der Waals surface area contributed by atoms with Gasteiger partial charge in [0, 0.05) is 44.5 Å². The molecule has 0 saturated carbocycles. The highest BCUT2D eigenvalue weighted by molar-refractivity contribution is 7.89. The molecule has 3 aromatic rings. The highest BCUT2D eigenvalue weighted by Gasteiger charge is 2.28. The summed E-state index contributed by atoms with van der Waals surface area (Å²) >= 11 is 6.41. The molecule has 4 rings (SSSR count). The molecular formula is C30H35ClFN5O4S. The van der Waals surface area contributed by atoms with Crippen molar-refractivity contribution in [3.8, 4) is 0 Å². The molecule has 42 heavy (non-hydrogen) atoms. The van der Waals surface area contributed by atoms with Crippen LogP contribution in [0.4, 0.5) is 20.6 Å². The van der Waals surface area contributed by atoms with Gasteiger partial charge in [-0.1, -0.05) is 41.4 Å². The zero-order valence-electron chi connectivity index (χ0n) is 23.8. The monoisotopic (exact) mass is 615 g/mol. The molecule has 1 fully saturated rings. The predicted molar refractivity (Wildman–Crippen MR) is 163 cm³/mol. The van der Waals surface area contributed by atoms with Gasteiger partial charge in [-0.2, -0.15) is 4.31 Å². The number of carbonyl (C=O) groups excluding carboxylic acids is 2. The quantitative estimate of drug-likeness (QED) is 0.358. The van der Waals surface area contributed by atoms with E-state index in [4.69, 9.17) is 11.6 Å². The molecule has 0 radical (unpaired) electrons. The van der Waals surface area contributed by atoms with Crippen molar-refractivity contribution in [1.29, 1.82) is 0 Å². The van der Waals surface area contributed by atoms with Crippen molar-refractivity contribution in [1.82, 2.24) is 14.5 Å². The standard InChI is InChI=1S/C30H35ClFN5O4S/c1-21(2)33-30(39)36-16-14-35(15-17-36)25-10-13-27(31)28(18-25)34-29(38)20-37(19-23-6-8-24(32)9-7-23)42(40,41)26-11-4-22(3)5-12-26/h4-13,18,21H,14-17,19-20H2,1-3H3,(H,33,39)(H,34,38). The van der Waals surface area contributed by atoms with Crippen molar-refractivity contribution in [2.24, 2.45) is 0 Å². The molecule has 0 unspecified atom stereocenters. The third kappa shape index (κ3) is 7.99. The molecule has 0 spiro atoms. The first-order valence-corrected chi connectivity index (χ1v) is 15.5. The molecule has 1 saturated heterocycles. The van der Waals surface area contributed by atoms with Gasteiger partial charge in [-0.15, -0.1) is 0 Å². The molecule has 0 bridgehead atoms. The van der Waals surface area contributed by atoms with Crippen LogP contribution in [-0.4, -0.2) is 68.3 Å². The molecule has 0 atom stereocenters. The minimum atomic E-state index is -4.07. The van der Waals surface area contributed by atoms with E-state index >= 15 is 0 Å². The average Bonchev–Trinajstić information content (AvgIpc) is 2.95. The lowest BCUT2D eigenvalue weighted by Crippen LogP contribution is -2.52. The molecule has 0 aliphatic carbocycles. The molecular weight excluding hydrogens is 581 g/mol. The normalized spacial score (nSPS) is 13.9. The molecule has 1 heterocycles. The van der Waals surface area contributed by atoms with Gasteiger partial charge in [0.2, 0.25) is 15.9 Å². The molecule has 12 heteroatoms. The summed E-state index contributed by atoms with van der Waals surface area (Å²) in [5.74, 6) is -1.03. The van der Waals surface area contributed by atoms with E-state index in [2.05, 4.69) is 15.5 Å². The summed E-state index contributed by atoms with van der Waals surface area (Å²) in [6.45, 7) is 7.33. The Hall–Kier alpha value is -3.67. The maximum atomic E-state index is 13.6. The van der Waals surface area contributed by atoms with Crippen molar-refractivity contribution in [2.45, 2.75) is 38.3 Å². The smallest absolute Gasteiger partial charge is 0.317 e. The molecule has 3 amide bonds. The van der Waals surface area contributed by atoms with Crippen LogP contribution in [0.2, 0.25) is 5.02 Å². The Morgan fingerprint density at radius 3 is 2.24 bits per heavy atom. The summed E-state index contributed by atoms with van der Waals surface area (Å²) in [5, 5.41) is 5.96. The maximum Gasteiger partial charge on any atom is 0.317 e. The summed E-state index contributed by atoms with van der Waals surface area (Å²) in [6, 6.07) is 17.0. The van der Waals surface area contributed by atoms with Gasteiger partial charge >= 0.3 is 6.03 Å². The number of benzene rings is 3. The fraction of sp³-hybridized carbons (Fsp3) is 0.333. The molecule has 0 aromatic heterocycles. The van der Waals surface area contributed by atoms with Crippen molar-refractivity contribution >= 4 is 44.9 Å². The molecule has 1 aliphatic heterocycles. The number of amides is 3. The van der Waals surface area contributed by atoms with Crippen LogP contribution in [0.15, 0.2) is 71.6 Å². The number of nitrogens with one attached hydrogen (secondary N) is 2. The second kappa shape index (κ2) is 13.5. The van der Waals surface area contributed by atoms with Gasteiger partial charge in [0.1, 0.15) is 5.82 Å². The van der Waals surface area contributed by atoms with Crippen molar-refractivity contribution in [2.75, 3.05) is 42.9 Å². The van der Waals surface area contributed by atoms with E-state index in [-0.39, 0.29) is 23.5 Å². The Kier molecular flexibility index (Phi) is 10.1. The van der Waals surface area contributed by atoms with Gasteiger partial charge in [-0.3, -0.25) is 4.79 Å². The van der Waals surface area contributed by atoms with Crippen LogP contribution in [0.5, 0.6) is 0 Å². The van der Waals surface area contributed by atoms with Gasteiger partial charge in [-0.05, 0) is 68.8 Å². The summed E-state index contributed by atoms with van der Waals surface area (Å²) in [4.78, 5) is 29.5. The zero-order chi connectivity index (χ0) is 30.4. The van der Waals surface area contributed by atoms with Crippen LogP contribution in [0, 0.1) is 12.7 Å².